The topological polar surface area (TPSA) is 96.9 Å². The highest BCUT2D eigenvalue weighted by molar-refractivity contribution is 6.39. The molecule has 0 spiro atoms. The number of amides is 2. The molecule has 1 fully saturated rings. The number of piperazine rings is 1. The van der Waals surface area contributed by atoms with Gasteiger partial charge in [-0.1, -0.05) is 0 Å². The number of aromatic nitrogens is 2. The second kappa shape index (κ2) is 7.48. The Labute approximate surface area is 155 Å². The summed E-state index contributed by atoms with van der Waals surface area (Å²) in [7, 11) is 0. The summed E-state index contributed by atoms with van der Waals surface area (Å²) in [5.74, 6) is 0.590. The Morgan fingerprint density at radius 3 is 2.41 bits per heavy atom. The van der Waals surface area contributed by atoms with Crippen molar-refractivity contribution in [3.8, 4) is 11.5 Å². The molecule has 2 aliphatic rings. The molecule has 0 radical (unpaired) electrons. The van der Waals surface area contributed by atoms with Crippen molar-refractivity contribution in [3.63, 3.8) is 0 Å². The summed E-state index contributed by atoms with van der Waals surface area (Å²) >= 11 is 0. The van der Waals surface area contributed by atoms with Crippen LogP contribution in [0.1, 0.15) is 0 Å². The first-order chi connectivity index (χ1) is 13.2. The molecule has 1 aromatic heterocycles. The fraction of sp³-hybridized carbons (Fsp3) is 0.333. The number of fused-ring (bicyclic) bond motifs is 1. The molecule has 4 rings (SSSR count). The number of nitrogens with one attached hydrogen (secondary N) is 1. The Balaban J connectivity index is 1.34. The summed E-state index contributed by atoms with van der Waals surface area (Å²) in [6, 6.07) is 6.81. The lowest BCUT2D eigenvalue weighted by atomic mass is 10.2. The Morgan fingerprint density at radius 2 is 1.67 bits per heavy atom. The minimum atomic E-state index is -0.670. The van der Waals surface area contributed by atoms with Crippen molar-refractivity contribution in [1.29, 1.82) is 0 Å². The van der Waals surface area contributed by atoms with Crippen LogP contribution >= 0.6 is 0 Å². The molecule has 1 saturated heterocycles. The van der Waals surface area contributed by atoms with Gasteiger partial charge in [0.05, 0.1) is 0 Å². The number of rotatable bonds is 2. The van der Waals surface area contributed by atoms with Crippen molar-refractivity contribution in [3.05, 3.63) is 36.7 Å². The van der Waals surface area contributed by atoms with Crippen LogP contribution in [0.4, 0.5) is 11.6 Å². The Kier molecular flexibility index (Phi) is 4.73. The van der Waals surface area contributed by atoms with E-state index in [2.05, 4.69) is 15.3 Å². The number of hydrogen-bond acceptors (Lipinski definition) is 7. The summed E-state index contributed by atoms with van der Waals surface area (Å²) in [4.78, 5) is 36.7. The molecule has 27 heavy (non-hydrogen) atoms. The van der Waals surface area contributed by atoms with Crippen LogP contribution < -0.4 is 19.7 Å². The summed E-state index contributed by atoms with van der Waals surface area (Å²) < 4.78 is 10.9. The Hall–Kier alpha value is -3.36. The highest BCUT2D eigenvalue weighted by Crippen LogP contribution is 2.32. The van der Waals surface area contributed by atoms with Crippen LogP contribution in [0.2, 0.25) is 0 Å². The highest BCUT2D eigenvalue weighted by atomic mass is 16.6. The minimum Gasteiger partial charge on any atom is -0.486 e. The quantitative estimate of drug-likeness (QED) is 0.772. The van der Waals surface area contributed by atoms with Gasteiger partial charge in [-0.3, -0.25) is 9.59 Å². The van der Waals surface area contributed by atoms with Crippen LogP contribution in [-0.4, -0.2) is 66.1 Å². The van der Waals surface area contributed by atoms with Crippen molar-refractivity contribution in [2.45, 2.75) is 0 Å². The predicted octanol–water partition coefficient (Wildman–Crippen LogP) is 0.535. The number of benzene rings is 1. The lowest BCUT2D eigenvalue weighted by Crippen LogP contribution is -2.52. The summed E-state index contributed by atoms with van der Waals surface area (Å²) in [6.45, 7) is 2.98. The number of anilines is 2. The van der Waals surface area contributed by atoms with Gasteiger partial charge in [0.2, 0.25) is 5.95 Å². The maximum absolute atomic E-state index is 12.4. The average molecular weight is 369 g/mol. The molecule has 9 heteroatoms. The van der Waals surface area contributed by atoms with Gasteiger partial charge in [0.25, 0.3) is 0 Å². The second-order valence-electron chi connectivity index (χ2n) is 6.14. The molecule has 0 bridgehead atoms. The van der Waals surface area contributed by atoms with Crippen LogP contribution in [0.5, 0.6) is 11.5 Å². The molecule has 1 aromatic carbocycles. The third-order valence-corrected chi connectivity index (χ3v) is 4.40. The lowest BCUT2D eigenvalue weighted by molar-refractivity contribution is -0.143. The van der Waals surface area contributed by atoms with Crippen molar-refractivity contribution >= 4 is 23.5 Å². The first kappa shape index (κ1) is 17.1. The van der Waals surface area contributed by atoms with E-state index in [9.17, 15) is 9.59 Å². The molecule has 2 amide bonds. The van der Waals surface area contributed by atoms with Crippen LogP contribution in [0.25, 0.3) is 0 Å². The molecule has 0 aliphatic carbocycles. The largest absolute Gasteiger partial charge is 0.486 e. The monoisotopic (exact) mass is 369 g/mol. The van der Waals surface area contributed by atoms with Gasteiger partial charge < -0.3 is 24.6 Å². The molecule has 9 nitrogen and oxygen atoms in total. The van der Waals surface area contributed by atoms with Crippen molar-refractivity contribution in [2.24, 2.45) is 0 Å². The normalized spacial score (nSPS) is 16.0. The standard InChI is InChI=1S/C18H19N5O4/c24-16(21-13-2-3-14-15(12-13)27-11-10-26-14)17(25)22-6-8-23(9-7-22)18-19-4-1-5-20-18/h1-5,12H,6-11H2,(H,21,24). The van der Waals surface area contributed by atoms with Gasteiger partial charge in [-0.25, -0.2) is 9.97 Å². The molecular weight excluding hydrogens is 350 g/mol. The SMILES string of the molecule is O=C(Nc1ccc2c(c1)OCCO2)C(=O)N1CCN(c2ncccn2)CC1. The Bertz CT molecular complexity index is 837. The number of carbonyl (C=O) groups excluding carboxylic acids is 2. The van der Waals surface area contributed by atoms with Crippen LogP contribution in [0.3, 0.4) is 0 Å². The van der Waals surface area contributed by atoms with Gasteiger partial charge in [0, 0.05) is 50.3 Å². The maximum atomic E-state index is 12.4. The number of carbonyl (C=O) groups is 2. The van der Waals surface area contributed by atoms with Crippen molar-refractivity contribution in [2.75, 3.05) is 49.6 Å². The zero-order chi connectivity index (χ0) is 18.6. The molecule has 0 saturated carbocycles. The van der Waals surface area contributed by atoms with Gasteiger partial charge in [0.1, 0.15) is 13.2 Å². The van der Waals surface area contributed by atoms with E-state index in [1.807, 2.05) is 4.90 Å². The molecule has 2 aromatic rings. The van der Waals surface area contributed by atoms with E-state index in [4.69, 9.17) is 9.47 Å². The number of hydrogen-bond donors (Lipinski definition) is 1. The molecule has 0 unspecified atom stereocenters. The summed E-state index contributed by atoms with van der Waals surface area (Å²) in [6.07, 6.45) is 3.36. The zero-order valence-electron chi connectivity index (χ0n) is 14.6. The fourth-order valence-corrected chi connectivity index (χ4v) is 3.01. The van der Waals surface area contributed by atoms with E-state index in [1.165, 1.54) is 4.90 Å². The smallest absolute Gasteiger partial charge is 0.313 e. The van der Waals surface area contributed by atoms with Crippen LogP contribution in [0, 0.1) is 0 Å². The molecule has 1 N–H and O–H groups in total. The number of nitrogens with zero attached hydrogens (tertiary/aromatic N) is 4. The second-order valence-corrected chi connectivity index (χ2v) is 6.14. The molecule has 140 valence electrons. The summed E-state index contributed by atoms with van der Waals surface area (Å²) in [5, 5.41) is 2.63. The van der Waals surface area contributed by atoms with Gasteiger partial charge in [-0.15, -0.1) is 0 Å². The van der Waals surface area contributed by atoms with Crippen molar-refractivity contribution < 1.29 is 19.1 Å². The first-order valence-electron chi connectivity index (χ1n) is 8.72. The van der Waals surface area contributed by atoms with Gasteiger partial charge in [0.15, 0.2) is 11.5 Å². The molecule has 0 atom stereocenters. The fourth-order valence-electron chi connectivity index (χ4n) is 3.01. The average Bonchev–Trinajstić information content (AvgIpc) is 2.74. The first-order valence-corrected chi connectivity index (χ1v) is 8.72. The molecular formula is C18H19N5O4. The van der Waals surface area contributed by atoms with Gasteiger partial charge in [-0.2, -0.15) is 0 Å². The van der Waals surface area contributed by atoms with Gasteiger partial charge >= 0.3 is 11.8 Å². The molecule has 3 heterocycles. The van der Waals surface area contributed by atoms with Crippen LogP contribution in [-0.2, 0) is 9.59 Å². The van der Waals surface area contributed by atoms with Crippen LogP contribution in [0.15, 0.2) is 36.7 Å². The van der Waals surface area contributed by atoms with E-state index in [1.54, 1.807) is 36.7 Å². The van der Waals surface area contributed by atoms with E-state index in [0.717, 1.165) is 0 Å². The minimum absolute atomic E-state index is 0.436. The maximum Gasteiger partial charge on any atom is 0.313 e. The van der Waals surface area contributed by atoms with E-state index >= 15 is 0 Å². The highest BCUT2D eigenvalue weighted by Gasteiger charge is 2.27. The van der Waals surface area contributed by atoms with E-state index in [-0.39, 0.29) is 0 Å². The third kappa shape index (κ3) is 3.76. The zero-order valence-corrected chi connectivity index (χ0v) is 14.6. The van der Waals surface area contributed by atoms with E-state index < -0.39 is 11.8 Å². The third-order valence-electron chi connectivity index (χ3n) is 4.40. The Morgan fingerprint density at radius 1 is 0.963 bits per heavy atom. The van der Waals surface area contributed by atoms with E-state index in [0.29, 0.717) is 62.5 Å². The van der Waals surface area contributed by atoms with Gasteiger partial charge in [-0.05, 0) is 18.2 Å². The lowest BCUT2D eigenvalue weighted by Gasteiger charge is -2.34. The molecule has 2 aliphatic heterocycles. The predicted molar refractivity (Wildman–Crippen MR) is 96.9 cm³/mol. The number of ether oxygens (including phenoxy) is 2. The van der Waals surface area contributed by atoms with Crippen molar-refractivity contribution in [1.82, 2.24) is 14.9 Å². The summed E-state index contributed by atoms with van der Waals surface area (Å²) in [5.41, 5.74) is 0.494.